The third-order valence-electron chi connectivity index (χ3n) is 2.72. The summed E-state index contributed by atoms with van der Waals surface area (Å²) in [6.07, 6.45) is 1.86. The van der Waals surface area contributed by atoms with E-state index in [-0.39, 0.29) is 24.2 Å². The fourth-order valence-electron chi connectivity index (χ4n) is 2.46. The van der Waals surface area contributed by atoms with E-state index in [1.165, 1.54) is 0 Å². The van der Waals surface area contributed by atoms with E-state index in [0.717, 1.165) is 6.42 Å². The lowest BCUT2D eigenvalue weighted by molar-refractivity contribution is -0.137. The van der Waals surface area contributed by atoms with E-state index in [4.69, 9.17) is 5.11 Å². The van der Waals surface area contributed by atoms with Crippen LogP contribution in [0.5, 0.6) is 0 Å². The predicted molar refractivity (Wildman–Crippen MR) is 80.9 cm³/mol. The van der Waals surface area contributed by atoms with Crippen LogP contribution >= 0.6 is 0 Å². The van der Waals surface area contributed by atoms with Crippen molar-refractivity contribution < 1.29 is 19.5 Å². The molecule has 0 aliphatic heterocycles. The number of nitrogens with one attached hydrogen (secondary N) is 2. The maximum atomic E-state index is 11.8. The Balaban J connectivity index is 4.07. The zero-order valence-corrected chi connectivity index (χ0v) is 13.7. The highest BCUT2D eigenvalue weighted by atomic mass is 16.4. The fourth-order valence-corrected chi connectivity index (χ4v) is 2.46. The van der Waals surface area contributed by atoms with Gasteiger partial charge in [-0.2, -0.15) is 0 Å². The van der Waals surface area contributed by atoms with Gasteiger partial charge in [0.2, 0.25) is 5.91 Å². The molecule has 0 unspecified atom stereocenters. The highest BCUT2D eigenvalue weighted by Crippen LogP contribution is 2.26. The first kappa shape index (κ1) is 19.4. The predicted octanol–water partition coefficient (Wildman–Crippen LogP) is 2.67. The topological polar surface area (TPSA) is 95.5 Å². The molecule has 0 aromatic heterocycles. The molecule has 0 bridgehead atoms. The van der Waals surface area contributed by atoms with Crippen molar-refractivity contribution in [3.05, 3.63) is 0 Å². The normalized spacial score (nSPS) is 11.9. The lowest BCUT2D eigenvalue weighted by Crippen LogP contribution is -2.51. The summed E-state index contributed by atoms with van der Waals surface area (Å²) < 4.78 is 0. The first-order chi connectivity index (χ1) is 9.41. The van der Waals surface area contributed by atoms with Crippen molar-refractivity contribution >= 4 is 17.9 Å². The van der Waals surface area contributed by atoms with E-state index in [9.17, 15) is 14.4 Å². The van der Waals surface area contributed by atoms with Gasteiger partial charge in [0.25, 0.3) is 0 Å². The highest BCUT2D eigenvalue weighted by Gasteiger charge is 2.27. The Bertz CT molecular complexity index is 384. The lowest BCUT2D eigenvalue weighted by atomic mass is 9.82. The molecule has 0 aromatic rings. The van der Waals surface area contributed by atoms with Gasteiger partial charge in [-0.3, -0.25) is 14.9 Å². The van der Waals surface area contributed by atoms with E-state index in [0.29, 0.717) is 12.8 Å². The van der Waals surface area contributed by atoms with Gasteiger partial charge >= 0.3 is 12.0 Å². The van der Waals surface area contributed by atoms with E-state index in [1.807, 2.05) is 13.8 Å². The number of carbonyl (C=O) groups excluding carboxylic acids is 2. The summed E-state index contributed by atoms with van der Waals surface area (Å²) in [7, 11) is 0. The molecule has 0 aromatic carbocycles. The molecule has 0 aliphatic carbocycles. The van der Waals surface area contributed by atoms with Crippen molar-refractivity contribution in [3.8, 4) is 0 Å². The molecule has 0 aliphatic rings. The Morgan fingerprint density at radius 1 is 0.952 bits per heavy atom. The van der Waals surface area contributed by atoms with Crippen LogP contribution in [0.3, 0.4) is 0 Å². The van der Waals surface area contributed by atoms with Gasteiger partial charge in [-0.25, -0.2) is 4.79 Å². The van der Waals surface area contributed by atoms with Gasteiger partial charge in [0.15, 0.2) is 0 Å². The number of carboxylic acids is 1. The molecule has 0 rings (SSSR count). The largest absolute Gasteiger partial charge is 0.481 e. The number of imide groups is 1. The van der Waals surface area contributed by atoms with Crippen LogP contribution in [-0.4, -0.2) is 28.6 Å². The molecule has 6 nitrogen and oxygen atoms in total. The van der Waals surface area contributed by atoms with E-state index < -0.39 is 17.5 Å². The van der Waals surface area contributed by atoms with Crippen molar-refractivity contribution in [2.24, 2.45) is 5.41 Å². The average molecular weight is 300 g/mol. The lowest BCUT2D eigenvalue weighted by Gasteiger charge is -2.33. The highest BCUT2D eigenvalue weighted by molar-refractivity contribution is 5.94. The molecule has 0 saturated heterocycles. The minimum absolute atomic E-state index is 0.0398. The summed E-state index contributed by atoms with van der Waals surface area (Å²) in [5.41, 5.74) is -0.344. The molecule has 3 N–H and O–H groups in total. The summed E-state index contributed by atoms with van der Waals surface area (Å²) >= 11 is 0. The summed E-state index contributed by atoms with van der Waals surface area (Å²) in [4.78, 5) is 33.6. The van der Waals surface area contributed by atoms with Crippen LogP contribution in [-0.2, 0) is 9.59 Å². The maximum Gasteiger partial charge on any atom is 0.321 e. The minimum atomic E-state index is -0.878. The number of hydrogen-bond acceptors (Lipinski definition) is 3. The maximum absolute atomic E-state index is 11.8. The average Bonchev–Trinajstić information content (AvgIpc) is 2.18. The Morgan fingerprint density at radius 3 is 1.95 bits per heavy atom. The number of hydrogen-bond donors (Lipinski definition) is 3. The molecule has 6 heteroatoms. The summed E-state index contributed by atoms with van der Waals surface area (Å²) in [6, 6.07) is -0.507. The number of aliphatic carboxylic acids is 1. The first-order valence-corrected chi connectivity index (χ1v) is 7.25. The zero-order chi connectivity index (χ0) is 16.7. The molecule has 0 fully saturated rings. The molecule has 0 saturated carbocycles. The Morgan fingerprint density at radius 2 is 1.48 bits per heavy atom. The second-order valence-corrected chi connectivity index (χ2v) is 7.22. The molecule has 0 spiro atoms. The second-order valence-electron chi connectivity index (χ2n) is 7.22. The van der Waals surface area contributed by atoms with Crippen LogP contribution in [0.4, 0.5) is 4.79 Å². The van der Waals surface area contributed by atoms with Gasteiger partial charge in [-0.05, 0) is 38.5 Å². The van der Waals surface area contributed by atoms with Crippen molar-refractivity contribution in [1.29, 1.82) is 0 Å². The molecule has 0 atom stereocenters. The van der Waals surface area contributed by atoms with Crippen molar-refractivity contribution in [3.63, 3.8) is 0 Å². The van der Waals surface area contributed by atoms with Gasteiger partial charge in [0, 0.05) is 18.4 Å². The summed E-state index contributed by atoms with van der Waals surface area (Å²) in [6.45, 7) is 10.1. The van der Waals surface area contributed by atoms with Crippen LogP contribution in [0.15, 0.2) is 0 Å². The summed E-state index contributed by atoms with van der Waals surface area (Å²) in [5, 5.41) is 13.5. The quantitative estimate of drug-likeness (QED) is 0.630. The third-order valence-corrected chi connectivity index (χ3v) is 2.72. The van der Waals surface area contributed by atoms with Gasteiger partial charge in [-0.1, -0.05) is 20.8 Å². The standard InChI is InChI=1S/C15H28N2O4/c1-14(2,3)10-15(4,5)17-13(21)16-11(18)8-6-7-9-12(19)20/h6-10H2,1-5H3,(H,19,20)(H2,16,17,18,21). The monoisotopic (exact) mass is 300 g/mol. The number of carbonyl (C=O) groups is 3. The third kappa shape index (κ3) is 11.9. The summed E-state index contributed by atoms with van der Waals surface area (Å²) in [5.74, 6) is -1.26. The number of urea groups is 1. The SMILES string of the molecule is CC(C)(C)CC(C)(C)NC(=O)NC(=O)CCCCC(=O)O. The van der Waals surface area contributed by atoms with Crippen LogP contribution in [0.25, 0.3) is 0 Å². The van der Waals surface area contributed by atoms with E-state index in [1.54, 1.807) is 0 Å². The van der Waals surface area contributed by atoms with Crippen molar-refractivity contribution in [2.75, 3.05) is 0 Å². The van der Waals surface area contributed by atoms with E-state index in [2.05, 4.69) is 31.4 Å². The minimum Gasteiger partial charge on any atom is -0.481 e. The smallest absolute Gasteiger partial charge is 0.321 e. The van der Waals surface area contributed by atoms with Crippen molar-refractivity contribution in [2.45, 2.75) is 72.3 Å². The second kappa shape index (κ2) is 8.00. The van der Waals surface area contributed by atoms with Crippen LogP contribution in [0, 0.1) is 5.41 Å². The molecule has 3 amide bonds. The number of carboxylic acid groups (broad SMARTS) is 1. The Hall–Kier alpha value is -1.59. The van der Waals surface area contributed by atoms with Gasteiger partial charge in [0.1, 0.15) is 0 Å². The van der Waals surface area contributed by atoms with Gasteiger partial charge in [0.05, 0.1) is 0 Å². The molecule has 122 valence electrons. The van der Waals surface area contributed by atoms with Crippen LogP contribution < -0.4 is 10.6 Å². The molecule has 0 radical (unpaired) electrons. The number of rotatable bonds is 7. The number of unbranched alkanes of at least 4 members (excludes halogenated alkanes) is 1. The van der Waals surface area contributed by atoms with Gasteiger partial charge < -0.3 is 10.4 Å². The number of amides is 3. The zero-order valence-electron chi connectivity index (χ0n) is 13.7. The molecule has 0 heterocycles. The van der Waals surface area contributed by atoms with E-state index >= 15 is 0 Å². The molecular weight excluding hydrogens is 272 g/mol. The van der Waals surface area contributed by atoms with Crippen molar-refractivity contribution in [1.82, 2.24) is 10.6 Å². The molecule has 21 heavy (non-hydrogen) atoms. The van der Waals surface area contributed by atoms with Crippen LogP contribution in [0.1, 0.15) is 66.7 Å². The fraction of sp³-hybridized carbons (Fsp3) is 0.800. The van der Waals surface area contributed by atoms with Crippen LogP contribution in [0.2, 0.25) is 0 Å². The Labute approximate surface area is 126 Å². The molecular formula is C15H28N2O4. The first-order valence-electron chi connectivity index (χ1n) is 7.25. The Kier molecular flexibility index (Phi) is 7.39. The van der Waals surface area contributed by atoms with Gasteiger partial charge in [-0.15, -0.1) is 0 Å².